The first-order valence-electron chi connectivity index (χ1n) is 9.21. The molecule has 1 aliphatic heterocycles. The molecule has 0 unspecified atom stereocenters. The monoisotopic (exact) mass is 445 g/mol. The minimum Gasteiger partial charge on any atom is -0.340 e. The van der Waals surface area contributed by atoms with E-state index in [1.807, 2.05) is 48.5 Å². The maximum atomic E-state index is 13.2. The Bertz CT molecular complexity index is 1180. The summed E-state index contributed by atoms with van der Waals surface area (Å²) < 4.78 is 0.997. The van der Waals surface area contributed by atoms with E-state index in [1.54, 1.807) is 24.5 Å². The van der Waals surface area contributed by atoms with E-state index in [2.05, 4.69) is 31.0 Å². The van der Waals surface area contributed by atoms with Crippen molar-refractivity contribution in [3.63, 3.8) is 0 Å². The normalized spacial score (nSPS) is 16.2. The number of H-pyrrole nitrogens is 1. The van der Waals surface area contributed by atoms with Gasteiger partial charge >= 0.3 is 0 Å². The van der Waals surface area contributed by atoms with Gasteiger partial charge in [0.05, 0.1) is 22.3 Å². The Balaban J connectivity index is 1.56. The van der Waals surface area contributed by atoms with E-state index >= 15 is 0 Å². The smallest absolute Gasteiger partial charge is 0.276 e. The molecular weight excluding hydrogens is 430 g/mol. The first-order chi connectivity index (χ1) is 14.2. The van der Waals surface area contributed by atoms with E-state index in [-0.39, 0.29) is 11.9 Å². The first-order valence-corrected chi connectivity index (χ1v) is 10.00. The third kappa shape index (κ3) is 3.34. The fourth-order valence-electron chi connectivity index (χ4n) is 3.48. The summed E-state index contributed by atoms with van der Waals surface area (Å²) in [7, 11) is 0. The highest BCUT2D eigenvalue weighted by molar-refractivity contribution is 9.10. The molecule has 29 heavy (non-hydrogen) atoms. The number of imidazole rings is 1. The molecule has 0 bridgehead atoms. The molecule has 0 spiro atoms. The predicted molar refractivity (Wildman–Crippen MR) is 115 cm³/mol. The van der Waals surface area contributed by atoms with Crippen molar-refractivity contribution in [2.75, 3.05) is 0 Å². The number of rotatable bonds is 3. The molecule has 2 aromatic heterocycles. The van der Waals surface area contributed by atoms with Crippen molar-refractivity contribution in [1.82, 2.24) is 20.0 Å². The van der Waals surface area contributed by atoms with Crippen molar-refractivity contribution in [1.29, 1.82) is 0 Å². The lowest BCUT2D eigenvalue weighted by molar-refractivity contribution is 0.0705. The standard InChI is InChI=1S/C22H16BrN5O/c23-16-9-7-14(8-10-16)19-12-20(21-25-17-5-1-2-6-18(17)26-21)28(27-19)22(29)15-4-3-11-24-13-15/h1-11,13,20H,12H2,(H,25,26)/t20-/m1/s1. The Morgan fingerprint density at radius 3 is 2.66 bits per heavy atom. The number of hydrogen-bond donors (Lipinski definition) is 1. The lowest BCUT2D eigenvalue weighted by Gasteiger charge is -2.19. The quantitative estimate of drug-likeness (QED) is 0.495. The van der Waals surface area contributed by atoms with Crippen LogP contribution in [0.1, 0.15) is 34.2 Å². The number of amides is 1. The second kappa shape index (κ2) is 7.25. The predicted octanol–water partition coefficient (Wildman–Crippen LogP) is 4.71. The molecular formula is C22H16BrN5O. The van der Waals surface area contributed by atoms with Gasteiger partial charge in [0.1, 0.15) is 11.9 Å². The van der Waals surface area contributed by atoms with Gasteiger partial charge < -0.3 is 4.98 Å². The summed E-state index contributed by atoms with van der Waals surface area (Å²) in [6.45, 7) is 0. The Kier molecular flexibility index (Phi) is 4.44. The number of pyridine rings is 1. The molecule has 0 saturated carbocycles. The van der Waals surface area contributed by atoms with E-state index in [1.165, 1.54) is 5.01 Å². The number of aromatic nitrogens is 3. The maximum Gasteiger partial charge on any atom is 0.276 e. The van der Waals surface area contributed by atoms with Gasteiger partial charge in [-0.25, -0.2) is 9.99 Å². The van der Waals surface area contributed by atoms with E-state index in [4.69, 9.17) is 4.98 Å². The molecule has 0 aliphatic carbocycles. The third-order valence-corrected chi connectivity index (χ3v) is 5.46. The Morgan fingerprint density at radius 2 is 1.90 bits per heavy atom. The highest BCUT2D eigenvalue weighted by Crippen LogP contribution is 2.33. The maximum absolute atomic E-state index is 13.2. The third-order valence-electron chi connectivity index (χ3n) is 4.93. The minimum absolute atomic E-state index is 0.198. The number of nitrogens with zero attached hydrogens (tertiary/aromatic N) is 4. The van der Waals surface area contributed by atoms with Crippen molar-refractivity contribution in [3.05, 3.63) is 94.5 Å². The number of hydrogen-bond acceptors (Lipinski definition) is 4. The van der Waals surface area contributed by atoms with Crippen LogP contribution >= 0.6 is 15.9 Å². The van der Waals surface area contributed by atoms with Crippen molar-refractivity contribution in [3.8, 4) is 0 Å². The summed E-state index contributed by atoms with van der Waals surface area (Å²) in [6.07, 6.45) is 3.78. The molecule has 142 valence electrons. The zero-order valence-electron chi connectivity index (χ0n) is 15.3. The Hall–Kier alpha value is -3.32. The van der Waals surface area contributed by atoms with E-state index in [9.17, 15) is 4.79 Å². The van der Waals surface area contributed by atoms with E-state index in [0.29, 0.717) is 12.0 Å². The van der Waals surface area contributed by atoms with Crippen LogP contribution in [0.5, 0.6) is 0 Å². The number of benzene rings is 2. The van der Waals surface area contributed by atoms with Crippen molar-refractivity contribution in [2.45, 2.75) is 12.5 Å². The highest BCUT2D eigenvalue weighted by Gasteiger charge is 2.35. The lowest BCUT2D eigenvalue weighted by Crippen LogP contribution is -2.27. The van der Waals surface area contributed by atoms with Crippen molar-refractivity contribution >= 4 is 38.6 Å². The van der Waals surface area contributed by atoms with Crippen molar-refractivity contribution in [2.24, 2.45) is 5.10 Å². The van der Waals surface area contributed by atoms with E-state index in [0.717, 1.165) is 32.6 Å². The molecule has 0 radical (unpaired) electrons. The van der Waals surface area contributed by atoms with Gasteiger partial charge in [0.15, 0.2) is 0 Å². The Labute approximate surface area is 175 Å². The molecule has 1 N–H and O–H groups in total. The molecule has 3 heterocycles. The van der Waals surface area contributed by atoms with Crippen LogP contribution in [0.25, 0.3) is 11.0 Å². The van der Waals surface area contributed by atoms with Gasteiger partial charge in [-0.2, -0.15) is 5.10 Å². The fraction of sp³-hybridized carbons (Fsp3) is 0.0909. The first kappa shape index (κ1) is 17.8. The number of para-hydroxylation sites is 2. The highest BCUT2D eigenvalue weighted by atomic mass is 79.9. The van der Waals surface area contributed by atoms with Crippen LogP contribution in [0.4, 0.5) is 0 Å². The van der Waals surface area contributed by atoms with Gasteiger partial charge in [-0.1, -0.05) is 40.2 Å². The number of halogens is 1. The average molecular weight is 446 g/mol. The number of aromatic amines is 1. The van der Waals surface area contributed by atoms with Crippen LogP contribution in [-0.4, -0.2) is 31.6 Å². The molecule has 6 nitrogen and oxygen atoms in total. The minimum atomic E-state index is -0.311. The molecule has 1 aliphatic rings. The molecule has 1 atom stereocenters. The van der Waals surface area contributed by atoms with Gasteiger partial charge in [-0.05, 0) is 42.0 Å². The van der Waals surface area contributed by atoms with Crippen molar-refractivity contribution < 1.29 is 4.79 Å². The number of fused-ring (bicyclic) bond motifs is 1. The van der Waals surface area contributed by atoms with Gasteiger partial charge in [0.25, 0.3) is 5.91 Å². The number of carbonyl (C=O) groups excluding carboxylic acids is 1. The summed E-state index contributed by atoms with van der Waals surface area (Å²) in [5.74, 6) is 0.523. The van der Waals surface area contributed by atoms with Gasteiger partial charge in [0.2, 0.25) is 0 Å². The SMILES string of the molecule is O=C(c1cccnc1)N1N=C(c2ccc(Br)cc2)C[C@@H]1c1nc2ccccc2[nH]1. The fourth-order valence-corrected chi connectivity index (χ4v) is 3.74. The zero-order chi connectivity index (χ0) is 19.8. The summed E-state index contributed by atoms with van der Waals surface area (Å²) in [5.41, 5.74) is 4.13. The Morgan fingerprint density at radius 1 is 1.07 bits per heavy atom. The van der Waals surface area contributed by atoms with Crippen LogP contribution in [0, 0.1) is 0 Å². The summed E-state index contributed by atoms with van der Waals surface area (Å²) >= 11 is 3.46. The van der Waals surface area contributed by atoms with E-state index < -0.39 is 0 Å². The van der Waals surface area contributed by atoms with Crippen LogP contribution in [0.3, 0.4) is 0 Å². The average Bonchev–Trinajstić information content (AvgIpc) is 3.39. The number of hydrazone groups is 1. The summed E-state index contributed by atoms with van der Waals surface area (Å²) in [6, 6.07) is 19.0. The molecule has 2 aromatic carbocycles. The molecule has 5 rings (SSSR count). The van der Waals surface area contributed by atoms with Crippen LogP contribution < -0.4 is 0 Å². The van der Waals surface area contributed by atoms with Gasteiger partial charge in [-0.3, -0.25) is 9.78 Å². The van der Waals surface area contributed by atoms with Crippen LogP contribution in [0.15, 0.2) is 82.6 Å². The largest absolute Gasteiger partial charge is 0.340 e. The van der Waals surface area contributed by atoms with Gasteiger partial charge in [-0.15, -0.1) is 0 Å². The topological polar surface area (TPSA) is 74.2 Å². The van der Waals surface area contributed by atoms with Crippen LogP contribution in [0.2, 0.25) is 0 Å². The van der Waals surface area contributed by atoms with Crippen LogP contribution in [-0.2, 0) is 0 Å². The molecule has 4 aromatic rings. The second-order valence-corrected chi connectivity index (χ2v) is 7.72. The summed E-state index contributed by atoms with van der Waals surface area (Å²) in [5, 5.41) is 6.21. The molecule has 7 heteroatoms. The number of nitrogens with one attached hydrogen (secondary N) is 1. The molecule has 0 fully saturated rings. The molecule has 0 saturated heterocycles. The summed E-state index contributed by atoms with van der Waals surface area (Å²) in [4.78, 5) is 25.3. The molecule has 1 amide bonds. The second-order valence-electron chi connectivity index (χ2n) is 6.80. The number of carbonyl (C=O) groups is 1. The lowest BCUT2D eigenvalue weighted by atomic mass is 10.0. The van der Waals surface area contributed by atoms with Gasteiger partial charge in [0, 0.05) is 23.3 Å². The zero-order valence-corrected chi connectivity index (χ0v) is 16.9.